The Bertz CT molecular complexity index is 1830. The van der Waals surface area contributed by atoms with Crippen molar-refractivity contribution in [2.24, 2.45) is 0 Å². The van der Waals surface area contributed by atoms with Crippen LogP contribution in [0.1, 0.15) is 213 Å². The van der Waals surface area contributed by atoms with E-state index in [1.807, 2.05) is 39.4 Å². The Kier molecular flexibility index (Phi) is 52.3. The summed E-state index contributed by atoms with van der Waals surface area (Å²) in [6.45, 7) is 6.50. The summed E-state index contributed by atoms with van der Waals surface area (Å²) < 4.78 is 30.2. The van der Waals surface area contributed by atoms with E-state index in [2.05, 4.69) is 148 Å². The summed E-state index contributed by atoms with van der Waals surface area (Å²) in [5, 5.41) is 2.96. The number of esters is 1. The van der Waals surface area contributed by atoms with Gasteiger partial charge in [0.1, 0.15) is 19.3 Å². The number of phosphoric ester groups is 1. The quantitative estimate of drug-likeness (QED) is 0.0212. The van der Waals surface area contributed by atoms with Gasteiger partial charge in [0.2, 0.25) is 5.91 Å². The van der Waals surface area contributed by atoms with Crippen LogP contribution in [-0.4, -0.2) is 69.4 Å². The molecule has 0 aromatic carbocycles. The number of hydrogen-bond donors (Lipinski definition) is 1. The lowest BCUT2D eigenvalue weighted by molar-refractivity contribution is -0.870. The summed E-state index contributed by atoms with van der Waals surface area (Å²) >= 11 is 0. The molecule has 0 aliphatic rings. The van der Waals surface area contributed by atoms with E-state index in [0.29, 0.717) is 23.9 Å². The molecule has 0 aliphatic carbocycles. The fourth-order valence-corrected chi connectivity index (χ4v) is 8.41. The number of ether oxygens (including phenoxy) is 1. The van der Waals surface area contributed by atoms with E-state index in [9.17, 15) is 19.0 Å². The van der Waals surface area contributed by atoms with Gasteiger partial charge >= 0.3 is 5.97 Å². The van der Waals surface area contributed by atoms with E-state index < -0.39 is 32.5 Å². The first kappa shape index (κ1) is 72.9. The number of rotatable bonds is 52. The fourth-order valence-electron chi connectivity index (χ4n) is 7.69. The molecule has 3 atom stereocenters. The molecule has 436 valence electrons. The topological polar surface area (TPSA) is 114 Å². The van der Waals surface area contributed by atoms with E-state index in [1.165, 1.54) is 51.4 Å². The first-order valence-corrected chi connectivity index (χ1v) is 31.6. The molecule has 10 heteroatoms. The van der Waals surface area contributed by atoms with Crippen molar-refractivity contribution < 1.29 is 37.3 Å². The van der Waals surface area contributed by atoms with Crippen molar-refractivity contribution in [2.75, 3.05) is 40.9 Å². The smallest absolute Gasteiger partial charge is 0.306 e. The molecule has 0 bridgehead atoms. The molecular formula is C67H111N2O7P. The number of carbonyl (C=O) groups is 2. The number of likely N-dealkylation sites (N-methyl/N-ethyl adjacent to an activating group) is 1. The van der Waals surface area contributed by atoms with Crippen LogP contribution >= 0.6 is 7.82 Å². The van der Waals surface area contributed by atoms with E-state index in [1.54, 1.807) is 6.08 Å². The predicted octanol–water partition coefficient (Wildman–Crippen LogP) is 18.0. The van der Waals surface area contributed by atoms with Crippen LogP contribution in [0.5, 0.6) is 0 Å². The zero-order chi connectivity index (χ0) is 56.4. The number of quaternary nitrogens is 1. The van der Waals surface area contributed by atoms with Crippen LogP contribution in [-0.2, 0) is 27.9 Å². The molecule has 0 aliphatic heterocycles. The van der Waals surface area contributed by atoms with E-state index in [-0.39, 0.29) is 25.4 Å². The van der Waals surface area contributed by atoms with Crippen LogP contribution in [0, 0.1) is 0 Å². The molecule has 0 saturated heterocycles. The Labute approximate surface area is 472 Å². The number of allylic oxidation sites excluding steroid dienone is 23. The number of amides is 1. The van der Waals surface area contributed by atoms with Gasteiger partial charge in [-0.2, -0.15) is 0 Å². The van der Waals surface area contributed by atoms with Gasteiger partial charge in [0.25, 0.3) is 7.82 Å². The number of nitrogens with zero attached hydrogens (tertiary/aromatic N) is 1. The van der Waals surface area contributed by atoms with Gasteiger partial charge in [-0.1, -0.05) is 231 Å². The molecule has 3 unspecified atom stereocenters. The maximum absolute atomic E-state index is 13.5. The first-order valence-electron chi connectivity index (χ1n) is 30.1. The zero-order valence-electron chi connectivity index (χ0n) is 49.6. The summed E-state index contributed by atoms with van der Waals surface area (Å²) in [6, 6.07) is -0.950. The molecule has 0 saturated carbocycles. The summed E-state index contributed by atoms with van der Waals surface area (Å²) in [6.07, 6.45) is 79.8. The minimum absolute atomic E-state index is 0.0485. The van der Waals surface area contributed by atoms with Crippen molar-refractivity contribution in [3.8, 4) is 0 Å². The highest BCUT2D eigenvalue weighted by atomic mass is 31.2. The maximum Gasteiger partial charge on any atom is 0.306 e. The van der Waals surface area contributed by atoms with Crippen LogP contribution in [0.4, 0.5) is 0 Å². The maximum atomic E-state index is 13.5. The number of nitrogens with one attached hydrogen (secondary N) is 1. The molecule has 1 N–H and O–H groups in total. The van der Waals surface area contributed by atoms with Crippen molar-refractivity contribution in [3.63, 3.8) is 0 Å². The summed E-state index contributed by atoms with van der Waals surface area (Å²) in [5.41, 5.74) is 0. The lowest BCUT2D eigenvalue weighted by Gasteiger charge is -2.30. The molecule has 0 fully saturated rings. The first-order chi connectivity index (χ1) is 37.4. The SMILES string of the molecule is CC/C=C\C/C=C\C/C=C\C/C=C\C/C=C\C/C=C\CCCCCCC(=O)OC(/C=C\CCCCCCCCCCCC)C(COP(=O)([O-])OCC[N+](C)(C)C)NC(=O)CC/C=C/C/C=C/C/C=C/C/C=C/C/C=C/CC. The van der Waals surface area contributed by atoms with Crippen molar-refractivity contribution in [3.05, 3.63) is 146 Å². The lowest BCUT2D eigenvalue weighted by Crippen LogP contribution is -2.47. The lowest BCUT2D eigenvalue weighted by atomic mass is 10.1. The highest BCUT2D eigenvalue weighted by Gasteiger charge is 2.27. The number of phosphoric acid groups is 1. The van der Waals surface area contributed by atoms with Gasteiger partial charge in [-0.25, -0.2) is 0 Å². The van der Waals surface area contributed by atoms with Crippen LogP contribution in [0.2, 0.25) is 0 Å². The second-order valence-electron chi connectivity index (χ2n) is 20.7. The summed E-state index contributed by atoms with van der Waals surface area (Å²) in [5.74, 6) is -0.680. The predicted molar refractivity (Wildman–Crippen MR) is 329 cm³/mol. The standard InChI is InChI=1S/C67H111N2O7P/c1-7-10-13-16-19-22-25-28-30-32-33-34-35-36-37-38-40-42-45-48-51-54-57-60-67(71)76-65(58-55-52-49-46-43-27-24-21-18-15-12-9-3)64(63-75-77(72,73)74-62-61-69(4,5)6)68-66(70)59-56-53-50-47-44-41-39-31-29-26-23-20-17-14-11-8-2/h10-11,13-14,19-20,22-23,28-31,33-34,36-37,40-42,44,50,53,55,58,64-65H,7-9,12,15-18,21,24-27,32,35,38-39,43,45-49,51-52,54,56-57,59-63H2,1-6H3,(H-,68,70,72,73)/b13-10-,14-11+,22-19-,23-20+,30-28-,31-29+,34-33-,37-36-,42-40-,44-41+,53-50+,58-55-. The number of unbranched alkanes of at least 4 members (excludes halogenated alkanes) is 14. The Morgan fingerprint density at radius 3 is 1.27 bits per heavy atom. The zero-order valence-corrected chi connectivity index (χ0v) is 50.5. The van der Waals surface area contributed by atoms with Gasteiger partial charge in [-0.3, -0.25) is 14.2 Å². The molecule has 1 amide bonds. The largest absolute Gasteiger partial charge is 0.756 e. The van der Waals surface area contributed by atoms with E-state index >= 15 is 0 Å². The third-order valence-corrected chi connectivity index (χ3v) is 13.2. The van der Waals surface area contributed by atoms with Crippen LogP contribution < -0.4 is 10.2 Å². The van der Waals surface area contributed by atoms with Gasteiger partial charge in [-0.05, 0) is 115 Å². The van der Waals surface area contributed by atoms with Crippen molar-refractivity contribution in [2.45, 2.75) is 226 Å². The highest BCUT2D eigenvalue weighted by Crippen LogP contribution is 2.38. The highest BCUT2D eigenvalue weighted by molar-refractivity contribution is 7.45. The average Bonchev–Trinajstić information content (AvgIpc) is 3.39. The number of hydrogen-bond acceptors (Lipinski definition) is 7. The normalized spacial score (nSPS) is 14.7. The second kappa shape index (κ2) is 55.2. The molecule has 0 spiro atoms. The minimum Gasteiger partial charge on any atom is -0.756 e. The number of carbonyl (C=O) groups excluding carboxylic acids is 2. The molecule has 9 nitrogen and oxygen atoms in total. The average molecular weight is 1090 g/mol. The molecule has 0 aromatic rings. The van der Waals surface area contributed by atoms with Gasteiger partial charge in [-0.15, -0.1) is 0 Å². The summed E-state index contributed by atoms with van der Waals surface area (Å²) in [7, 11) is 1.10. The van der Waals surface area contributed by atoms with Gasteiger partial charge in [0.15, 0.2) is 0 Å². The summed E-state index contributed by atoms with van der Waals surface area (Å²) in [4.78, 5) is 39.9. The van der Waals surface area contributed by atoms with Crippen LogP contribution in [0.25, 0.3) is 0 Å². The van der Waals surface area contributed by atoms with Crippen molar-refractivity contribution in [1.82, 2.24) is 5.32 Å². The second-order valence-corrected chi connectivity index (χ2v) is 22.1. The van der Waals surface area contributed by atoms with Crippen molar-refractivity contribution in [1.29, 1.82) is 0 Å². The minimum atomic E-state index is -4.73. The van der Waals surface area contributed by atoms with Gasteiger partial charge in [0, 0.05) is 12.8 Å². The van der Waals surface area contributed by atoms with Crippen molar-refractivity contribution >= 4 is 19.7 Å². The third-order valence-electron chi connectivity index (χ3n) is 12.3. The fraction of sp³-hybridized carbons (Fsp3) is 0.612. The van der Waals surface area contributed by atoms with E-state index in [4.69, 9.17) is 13.8 Å². The van der Waals surface area contributed by atoms with Crippen LogP contribution in [0.3, 0.4) is 0 Å². The Hall–Kier alpha value is -4.11. The van der Waals surface area contributed by atoms with Gasteiger partial charge in [0.05, 0.1) is 33.8 Å². The molecule has 0 heterocycles. The molecule has 0 aromatic heterocycles. The molecule has 0 radical (unpaired) electrons. The van der Waals surface area contributed by atoms with E-state index in [0.717, 1.165) is 116 Å². The molecule has 0 rings (SSSR count). The van der Waals surface area contributed by atoms with Gasteiger partial charge < -0.3 is 28.5 Å². The molecule has 77 heavy (non-hydrogen) atoms. The Morgan fingerprint density at radius 1 is 0.468 bits per heavy atom. The van der Waals surface area contributed by atoms with Crippen LogP contribution in [0.15, 0.2) is 146 Å². The Balaban J connectivity index is 5.42. The Morgan fingerprint density at radius 2 is 0.844 bits per heavy atom. The molecular weight excluding hydrogens is 976 g/mol. The monoisotopic (exact) mass is 1090 g/mol. The third kappa shape index (κ3) is 56.4.